The monoisotopic (exact) mass is 487 g/mol. The zero-order chi connectivity index (χ0) is 24.1. The van der Waals surface area contributed by atoms with Gasteiger partial charge in [0.1, 0.15) is 12.4 Å². The molecule has 4 rings (SSSR count). The van der Waals surface area contributed by atoms with Gasteiger partial charge in [0.25, 0.3) is 0 Å². The number of methoxy groups -OCH3 is 2. The molecule has 1 fully saturated rings. The van der Waals surface area contributed by atoms with Gasteiger partial charge in [-0.15, -0.1) is 0 Å². The molecule has 10 heteroatoms. The molecule has 0 spiro atoms. The van der Waals surface area contributed by atoms with Crippen molar-refractivity contribution in [3.05, 3.63) is 52.2 Å². The van der Waals surface area contributed by atoms with Gasteiger partial charge in [0.15, 0.2) is 5.17 Å². The normalized spacial score (nSPS) is 20.0. The number of amidine groups is 1. The summed E-state index contributed by atoms with van der Waals surface area (Å²) in [7, 11) is 3.15. The van der Waals surface area contributed by atoms with Gasteiger partial charge in [0, 0.05) is 31.5 Å². The second-order valence-electron chi connectivity index (χ2n) is 7.93. The molecule has 3 aliphatic heterocycles. The van der Waals surface area contributed by atoms with Gasteiger partial charge in [0.05, 0.1) is 50.7 Å². The Balaban J connectivity index is 1.69. The standard InChI is InChI=1S/C24H29N3O6S/c1-16-21(23(29)33-13-12-30-2)22(18-6-4-5-7-19(18)31-3)27-17(15-34-24(27)25-16)14-20(28)26-8-10-32-11-9-26/h4-7,15,22H,8-14H2,1-3H3. The molecule has 182 valence electrons. The number of carbonyl (C=O) groups excluding carboxylic acids is 2. The van der Waals surface area contributed by atoms with Crippen molar-refractivity contribution in [2.45, 2.75) is 19.4 Å². The Bertz CT molecular complexity index is 1030. The molecule has 1 aromatic carbocycles. The average Bonchev–Trinajstić information content (AvgIpc) is 3.25. The molecule has 1 unspecified atom stereocenters. The molecule has 3 aliphatic rings. The lowest BCUT2D eigenvalue weighted by atomic mass is 9.93. The Labute approximate surface area is 203 Å². The molecular formula is C24H29N3O6S. The van der Waals surface area contributed by atoms with Crippen molar-refractivity contribution in [3.8, 4) is 5.75 Å². The number of ether oxygens (including phenoxy) is 4. The van der Waals surface area contributed by atoms with Crippen molar-refractivity contribution in [3.63, 3.8) is 0 Å². The number of nitrogens with zero attached hydrogens (tertiary/aromatic N) is 3. The summed E-state index contributed by atoms with van der Waals surface area (Å²) in [5, 5.41) is 2.65. The highest BCUT2D eigenvalue weighted by molar-refractivity contribution is 8.16. The van der Waals surface area contributed by atoms with Crippen molar-refractivity contribution in [2.24, 2.45) is 4.99 Å². The van der Waals surface area contributed by atoms with Crippen molar-refractivity contribution in [2.75, 3.05) is 53.7 Å². The molecule has 1 amide bonds. The number of morpholine rings is 1. The Morgan fingerprint density at radius 2 is 1.94 bits per heavy atom. The molecule has 0 radical (unpaired) electrons. The number of rotatable bonds is 8. The third kappa shape index (κ3) is 4.98. The van der Waals surface area contributed by atoms with Crippen LogP contribution in [-0.4, -0.2) is 80.6 Å². The zero-order valence-electron chi connectivity index (χ0n) is 19.6. The molecule has 1 atom stereocenters. The van der Waals surface area contributed by atoms with Crippen LogP contribution in [0.15, 0.2) is 51.6 Å². The Hall–Kier alpha value is -2.82. The summed E-state index contributed by atoms with van der Waals surface area (Å²) in [5.41, 5.74) is 2.57. The topological polar surface area (TPSA) is 89.9 Å². The smallest absolute Gasteiger partial charge is 0.338 e. The third-order valence-corrected chi connectivity index (χ3v) is 6.76. The van der Waals surface area contributed by atoms with Crippen molar-refractivity contribution in [1.29, 1.82) is 0 Å². The molecule has 0 saturated carbocycles. The van der Waals surface area contributed by atoms with E-state index in [4.69, 9.17) is 23.9 Å². The molecular weight excluding hydrogens is 458 g/mol. The maximum Gasteiger partial charge on any atom is 0.338 e. The van der Waals surface area contributed by atoms with Crippen LogP contribution in [0.25, 0.3) is 0 Å². The lowest BCUT2D eigenvalue weighted by Crippen LogP contribution is -2.42. The summed E-state index contributed by atoms with van der Waals surface area (Å²) in [6, 6.07) is 7.02. The number of para-hydroxylation sites is 1. The van der Waals surface area contributed by atoms with E-state index in [1.54, 1.807) is 21.1 Å². The predicted octanol–water partition coefficient (Wildman–Crippen LogP) is 2.71. The van der Waals surface area contributed by atoms with E-state index in [2.05, 4.69) is 0 Å². The number of thioether (sulfide) groups is 1. The van der Waals surface area contributed by atoms with Crippen LogP contribution in [0.3, 0.4) is 0 Å². The maximum atomic E-state index is 13.2. The van der Waals surface area contributed by atoms with E-state index >= 15 is 0 Å². The third-order valence-electron chi connectivity index (χ3n) is 5.87. The highest BCUT2D eigenvalue weighted by atomic mass is 32.2. The fourth-order valence-electron chi connectivity index (χ4n) is 4.19. The Kier molecular flexibility index (Phi) is 7.91. The number of fused-ring (bicyclic) bond motifs is 1. The molecule has 9 nitrogen and oxygen atoms in total. The minimum atomic E-state index is -0.544. The first-order valence-corrected chi connectivity index (χ1v) is 12.0. The largest absolute Gasteiger partial charge is 0.496 e. The van der Waals surface area contributed by atoms with Crippen LogP contribution in [-0.2, 0) is 23.8 Å². The van der Waals surface area contributed by atoms with E-state index in [0.29, 0.717) is 55.1 Å². The second kappa shape index (κ2) is 11.1. The van der Waals surface area contributed by atoms with Gasteiger partial charge >= 0.3 is 5.97 Å². The first kappa shape index (κ1) is 24.3. The van der Waals surface area contributed by atoms with Crippen LogP contribution in [0.1, 0.15) is 24.9 Å². The summed E-state index contributed by atoms with van der Waals surface area (Å²) >= 11 is 1.45. The molecule has 1 saturated heterocycles. The zero-order valence-corrected chi connectivity index (χ0v) is 20.4. The van der Waals surface area contributed by atoms with E-state index < -0.39 is 12.0 Å². The fraction of sp³-hybridized carbons (Fsp3) is 0.458. The van der Waals surface area contributed by atoms with Crippen LogP contribution in [0.4, 0.5) is 0 Å². The highest BCUT2D eigenvalue weighted by Gasteiger charge is 2.42. The second-order valence-corrected chi connectivity index (χ2v) is 8.77. The minimum absolute atomic E-state index is 0.0191. The first-order valence-electron chi connectivity index (χ1n) is 11.1. The van der Waals surface area contributed by atoms with Gasteiger partial charge in [-0.1, -0.05) is 30.0 Å². The minimum Gasteiger partial charge on any atom is -0.496 e. The number of esters is 1. The SMILES string of the molecule is COCCOC(=O)C1=C(C)N=C2SC=C(CC(=O)N3CCOCC3)N2C1c1ccccc1OC. The van der Waals surface area contributed by atoms with Crippen LogP contribution < -0.4 is 4.74 Å². The van der Waals surface area contributed by atoms with E-state index in [9.17, 15) is 9.59 Å². The van der Waals surface area contributed by atoms with E-state index in [1.165, 1.54) is 11.8 Å². The number of allylic oxidation sites excluding steroid dienone is 1. The van der Waals surface area contributed by atoms with Crippen LogP contribution in [0.5, 0.6) is 5.75 Å². The molecule has 0 aromatic heterocycles. The van der Waals surface area contributed by atoms with Gasteiger partial charge in [0.2, 0.25) is 5.91 Å². The van der Waals surface area contributed by atoms with Gasteiger partial charge in [-0.25, -0.2) is 9.79 Å². The quantitative estimate of drug-likeness (QED) is 0.409. The average molecular weight is 488 g/mol. The number of aliphatic imine (C=N–C) groups is 1. The number of amides is 1. The summed E-state index contributed by atoms with van der Waals surface area (Å²) in [4.78, 5) is 34.8. The van der Waals surface area contributed by atoms with Crippen LogP contribution in [0.2, 0.25) is 0 Å². The molecule has 0 bridgehead atoms. The molecule has 1 aromatic rings. The van der Waals surface area contributed by atoms with E-state index in [1.807, 2.05) is 39.5 Å². The van der Waals surface area contributed by atoms with E-state index in [-0.39, 0.29) is 18.9 Å². The summed E-state index contributed by atoms with van der Waals surface area (Å²) in [6.45, 7) is 4.47. The Morgan fingerprint density at radius 1 is 1.18 bits per heavy atom. The fourth-order valence-corrected chi connectivity index (χ4v) is 5.16. The molecule has 0 N–H and O–H groups in total. The van der Waals surface area contributed by atoms with Gasteiger partial charge in [-0.2, -0.15) is 0 Å². The van der Waals surface area contributed by atoms with Crippen molar-refractivity contribution in [1.82, 2.24) is 9.80 Å². The van der Waals surface area contributed by atoms with Crippen LogP contribution >= 0.6 is 11.8 Å². The predicted molar refractivity (Wildman–Crippen MR) is 128 cm³/mol. The number of hydrogen-bond acceptors (Lipinski definition) is 9. The molecule has 3 heterocycles. The summed E-state index contributed by atoms with van der Waals surface area (Å²) < 4.78 is 21.6. The summed E-state index contributed by atoms with van der Waals surface area (Å²) in [6.07, 6.45) is 0.197. The number of carbonyl (C=O) groups is 2. The van der Waals surface area contributed by atoms with Gasteiger partial charge < -0.3 is 28.7 Å². The first-order chi connectivity index (χ1) is 16.5. The molecule has 34 heavy (non-hydrogen) atoms. The lowest BCUT2D eigenvalue weighted by Gasteiger charge is -2.37. The molecule has 0 aliphatic carbocycles. The highest BCUT2D eigenvalue weighted by Crippen LogP contribution is 2.47. The van der Waals surface area contributed by atoms with Crippen LogP contribution in [0, 0.1) is 0 Å². The van der Waals surface area contributed by atoms with Crippen molar-refractivity contribution >= 4 is 28.8 Å². The van der Waals surface area contributed by atoms with Gasteiger partial charge in [-0.3, -0.25) is 4.79 Å². The number of benzene rings is 1. The van der Waals surface area contributed by atoms with Crippen molar-refractivity contribution < 1.29 is 28.5 Å². The lowest BCUT2D eigenvalue weighted by molar-refractivity contribution is -0.141. The summed E-state index contributed by atoms with van der Waals surface area (Å²) in [5.74, 6) is 0.189. The Morgan fingerprint density at radius 3 is 2.68 bits per heavy atom. The van der Waals surface area contributed by atoms with Gasteiger partial charge in [-0.05, 0) is 18.4 Å². The van der Waals surface area contributed by atoms with E-state index in [0.717, 1.165) is 11.3 Å². The number of hydrogen-bond donors (Lipinski definition) is 0. The maximum absolute atomic E-state index is 13.2.